The number of epoxide rings is 1. The van der Waals surface area contributed by atoms with Crippen LogP contribution in [0, 0.1) is 0 Å². The van der Waals surface area contributed by atoms with E-state index in [4.69, 9.17) is 13.9 Å². The van der Waals surface area contributed by atoms with Crippen LogP contribution in [0.1, 0.15) is 53.5 Å². The molecule has 1 aromatic rings. The lowest BCUT2D eigenvalue weighted by molar-refractivity contribution is 0.0838. The van der Waals surface area contributed by atoms with Gasteiger partial charge in [-0.3, -0.25) is 0 Å². The Kier molecular flexibility index (Phi) is 8.50. The third-order valence-corrected chi connectivity index (χ3v) is 11.9. The Hall–Kier alpha value is -0.723. The Morgan fingerprint density at radius 2 is 1.56 bits per heavy atom. The topological polar surface area (TPSA) is 51.2 Å². The smallest absolute Gasteiger partial charge is 0.200 e. The number of hydrogen-bond donors (Lipinski definition) is 1. The first-order valence-electron chi connectivity index (χ1n) is 10.4. The van der Waals surface area contributed by atoms with Gasteiger partial charge >= 0.3 is 0 Å². The first-order chi connectivity index (χ1) is 12.8. The van der Waals surface area contributed by atoms with Crippen LogP contribution < -0.4 is 0 Å². The average molecular weight is 395 g/mol. The van der Waals surface area contributed by atoms with E-state index < -0.39 is 14.4 Å². The van der Waals surface area contributed by atoms with Gasteiger partial charge in [0.15, 0.2) is 8.32 Å². The maximum Gasteiger partial charge on any atom is 0.200 e. The minimum absolute atomic E-state index is 0.0904. The lowest BCUT2D eigenvalue weighted by Crippen LogP contribution is -2.49. The second-order valence-electron chi connectivity index (χ2n) is 8.73. The first kappa shape index (κ1) is 22.6. The molecule has 3 atom stereocenters. The fourth-order valence-corrected chi connectivity index (χ4v) is 9.96. The van der Waals surface area contributed by atoms with Gasteiger partial charge < -0.3 is 19.0 Å². The minimum Gasteiger partial charge on any atom is -0.413 e. The molecule has 4 nitrogen and oxygen atoms in total. The van der Waals surface area contributed by atoms with E-state index in [1.54, 1.807) is 0 Å². The Labute approximate surface area is 166 Å². The molecule has 1 heterocycles. The summed E-state index contributed by atoms with van der Waals surface area (Å²) in [6.07, 6.45) is 0.341. The van der Waals surface area contributed by atoms with Crippen molar-refractivity contribution < 1.29 is 19.0 Å². The maximum absolute atomic E-state index is 10.5. The lowest BCUT2D eigenvalue weighted by atomic mass is 10.2. The number of ether oxygens (including phenoxy) is 2. The van der Waals surface area contributed by atoms with Gasteiger partial charge in [-0.05, 0) is 22.2 Å². The van der Waals surface area contributed by atoms with Crippen molar-refractivity contribution in [2.75, 3.05) is 13.2 Å². The zero-order valence-corrected chi connectivity index (χ0v) is 18.9. The number of benzene rings is 1. The number of aliphatic hydroxyl groups excluding tert-OH is 1. The summed E-state index contributed by atoms with van der Waals surface area (Å²) >= 11 is 0. The predicted molar refractivity (Wildman–Crippen MR) is 112 cm³/mol. The minimum atomic E-state index is -1.92. The molecule has 0 bridgehead atoms. The number of aliphatic hydroxyl groups is 1. The molecule has 2 rings (SSSR count). The summed E-state index contributed by atoms with van der Waals surface area (Å²) in [6.45, 7) is 15.2. The van der Waals surface area contributed by atoms with Crippen LogP contribution in [0.2, 0.25) is 16.6 Å². The molecule has 0 aromatic heterocycles. The van der Waals surface area contributed by atoms with Crippen LogP contribution >= 0.6 is 0 Å². The summed E-state index contributed by atoms with van der Waals surface area (Å²) in [5.74, 6) is 0. The van der Waals surface area contributed by atoms with Gasteiger partial charge in [0.2, 0.25) is 0 Å². The normalized spacial score (nSPS) is 21.3. The van der Waals surface area contributed by atoms with E-state index in [9.17, 15) is 5.11 Å². The fraction of sp³-hybridized carbons (Fsp3) is 0.727. The third kappa shape index (κ3) is 6.13. The summed E-state index contributed by atoms with van der Waals surface area (Å²) in [7, 11) is -1.92. The van der Waals surface area contributed by atoms with E-state index in [2.05, 4.69) is 53.7 Å². The molecule has 1 aliphatic heterocycles. The highest BCUT2D eigenvalue weighted by atomic mass is 28.4. The molecule has 0 amide bonds. The monoisotopic (exact) mass is 394 g/mol. The van der Waals surface area contributed by atoms with Crippen molar-refractivity contribution in [1.82, 2.24) is 0 Å². The summed E-state index contributed by atoms with van der Waals surface area (Å²) in [4.78, 5) is 0. The summed E-state index contributed by atoms with van der Waals surface area (Å²) < 4.78 is 17.9. The molecule has 1 fully saturated rings. The van der Waals surface area contributed by atoms with Crippen molar-refractivity contribution in [2.45, 2.75) is 89.5 Å². The van der Waals surface area contributed by atoms with Crippen LogP contribution in [0.15, 0.2) is 30.3 Å². The van der Waals surface area contributed by atoms with E-state index >= 15 is 0 Å². The standard InChI is InChI=1S/C22H38O4Si/c1-16(2)27(17(3)4,18(5)6)25-14-20(23)12-21-22(26-21)15-24-13-19-10-8-7-9-11-19/h7-11,16-18,20-23H,12-15H2,1-6H3/t20-,21+,22-/m0/s1. The molecule has 27 heavy (non-hydrogen) atoms. The number of hydrogen-bond acceptors (Lipinski definition) is 4. The molecule has 0 radical (unpaired) electrons. The van der Waals surface area contributed by atoms with E-state index in [-0.39, 0.29) is 12.2 Å². The van der Waals surface area contributed by atoms with Gasteiger partial charge in [-0.1, -0.05) is 71.9 Å². The molecule has 0 saturated carbocycles. The Balaban J connectivity index is 1.71. The Morgan fingerprint density at radius 3 is 2.11 bits per heavy atom. The van der Waals surface area contributed by atoms with Gasteiger partial charge in [0, 0.05) is 6.42 Å². The predicted octanol–water partition coefficient (Wildman–Crippen LogP) is 4.91. The molecule has 0 unspecified atom stereocenters. The summed E-state index contributed by atoms with van der Waals surface area (Å²) in [5, 5.41) is 10.5. The molecule has 0 spiro atoms. The maximum atomic E-state index is 10.5. The van der Waals surface area contributed by atoms with E-state index in [1.165, 1.54) is 5.56 Å². The van der Waals surface area contributed by atoms with Gasteiger partial charge in [0.1, 0.15) is 6.10 Å². The second kappa shape index (κ2) is 10.2. The molecule has 0 aliphatic carbocycles. The molecule has 5 heteroatoms. The molecular formula is C22H38O4Si. The van der Waals surface area contributed by atoms with Crippen molar-refractivity contribution in [3.63, 3.8) is 0 Å². The van der Waals surface area contributed by atoms with Crippen molar-refractivity contribution in [1.29, 1.82) is 0 Å². The van der Waals surface area contributed by atoms with Gasteiger partial charge in [-0.25, -0.2) is 0 Å². The largest absolute Gasteiger partial charge is 0.413 e. The van der Waals surface area contributed by atoms with Crippen LogP contribution in [0.5, 0.6) is 0 Å². The molecule has 1 aliphatic rings. The second-order valence-corrected chi connectivity index (χ2v) is 14.2. The van der Waals surface area contributed by atoms with Crippen molar-refractivity contribution in [2.24, 2.45) is 0 Å². The van der Waals surface area contributed by atoms with Gasteiger partial charge in [0.25, 0.3) is 0 Å². The van der Waals surface area contributed by atoms with Crippen molar-refractivity contribution in [3.05, 3.63) is 35.9 Å². The van der Waals surface area contributed by atoms with Crippen LogP contribution in [0.3, 0.4) is 0 Å². The zero-order valence-electron chi connectivity index (χ0n) is 17.9. The SMILES string of the molecule is CC(C)[Si](OC[C@@H](O)C[C@H]1O[C@H]1COCc1ccccc1)(C(C)C)C(C)C. The highest BCUT2D eigenvalue weighted by Crippen LogP contribution is 2.42. The van der Waals surface area contributed by atoms with E-state index in [0.29, 0.717) is 42.9 Å². The molecular weight excluding hydrogens is 356 g/mol. The van der Waals surface area contributed by atoms with Crippen LogP contribution in [0.25, 0.3) is 0 Å². The van der Waals surface area contributed by atoms with Crippen molar-refractivity contribution >= 4 is 8.32 Å². The van der Waals surface area contributed by atoms with Crippen LogP contribution in [-0.4, -0.2) is 44.9 Å². The van der Waals surface area contributed by atoms with E-state index in [1.807, 2.05) is 18.2 Å². The average Bonchev–Trinajstić information content (AvgIpc) is 3.33. The van der Waals surface area contributed by atoms with Gasteiger partial charge in [0.05, 0.1) is 32.0 Å². The molecule has 1 saturated heterocycles. The summed E-state index contributed by atoms with van der Waals surface area (Å²) in [6, 6.07) is 10.1. The van der Waals surface area contributed by atoms with Crippen molar-refractivity contribution in [3.8, 4) is 0 Å². The molecule has 1 aromatic carbocycles. The summed E-state index contributed by atoms with van der Waals surface area (Å²) in [5.41, 5.74) is 2.75. The van der Waals surface area contributed by atoms with Gasteiger partial charge in [-0.2, -0.15) is 0 Å². The third-order valence-electron chi connectivity index (χ3n) is 5.82. The van der Waals surface area contributed by atoms with Gasteiger partial charge in [-0.15, -0.1) is 0 Å². The molecule has 1 N–H and O–H groups in total. The molecule has 154 valence electrons. The lowest BCUT2D eigenvalue weighted by Gasteiger charge is -2.42. The van der Waals surface area contributed by atoms with Crippen LogP contribution in [0.4, 0.5) is 0 Å². The Morgan fingerprint density at radius 1 is 0.963 bits per heavy atom. The fourth-order valence-electron chi connectivity index (χ4n) is 4.48. The highest BCUT2D eigenvalue weighted by molar-refractivity contribution is 6.77. The zero-order chi connectivity index (χ0) is 20.0. The first-order valence-corrected chi connectivity index (χ1v) is 12.5. The number of rotatable bonds is 12. The van der Waals surface area contributed by atoms with Crippen LogP contribution in [-0.2, 0) is 20.5 Å². The highest BCUT2D eigenvalue weighted by Gasteiger charge is 2.46. The quantitative estimate of drug-likeness (QED) is 0.404. The Bertz CT molecular complexity index is 525. The van der Waals surface area contributed by atoms with E-state index in [0.717, 1.165) is 0 Å².